The summed E-state index contributed by atoms with van der Waals surface area (Å²) in [5.74, 6) is 0. The van der Waals surface area contributed by atoms with Crippen LogP contribution >= 0.6 is 0 Å². The van der Waals surface area contributed by atoms with Crippen LogP contribution in [0, 0.1) is 7.43 Å². The maximum Gasteiger partial charge on any atom is 0.364 e. The van der Waals surface area contributed by atoms with E-state index in [4.69, 9.17) is 0 Å². The lowest BCUT2D eigenvalue weighted by Crippen LogP contribution is -2.38. The zero-order valence-corrected chi connectivity index (χ0v) is 7.37. The maximum atomic E-state index is 12.1. The van der Waals surface area contributed by atoms with Crippen LogP contribution < -0.4 is 0 Å². The molecule has 0 aliphatic heterocycles. The van der Waals surface area contributed by atoms with E-state index in [9.17, 15) is 26.1 Å². The topological polar surface area (TPSA) is 57.2 Å². The molecule has 0 saturated carbocycles. The van der Waals surface area contributed by atoms with Gasteiger partial charge < -0.3 is 4.55 Å². The Morgan fingerprint density at radius 3 is 1.85 bits per heavy atom. The molecule has 0 saturated heterocycles. The standard InChI is InChI=1S/C4H7F3O3S.CH4.CH3/c1-2-3(5)4(6,7)11(8,9)10;;/h3H,2H2,1H3,(H,8,9,10);1H4;1H3/q;;+1/p-1. The van der Waals surface area contributed by atoms with Crippen LogP contribution in [0.25, 0.3) is 0 Å². The van der Waals surface area contributed by atoms with Gasteiger partial charge >= 0.3 is 5.25 Å². The predicted octanol–water partition coefficient (Wildman–Crippen LogP) is 1.96. The van der Waals surface area contributed by atoms with Gasteiger partial charge in [-0.25, -0.2) is 12.8 Å². The van der Waals surface area contributed by atoms with Gasteiger partial charge in [0.1, 0.15) is 0 Å². The molecule has 7 heteroatoms. The molecule has 1 unspecified atom stereocenters. The SMILES string of the molecule is C.CCC(F)C(F)(F)S(=O)(=O)[O-].[CH3+]. The second kappa shape index (κ2) is 5.33. The van der Waals surface area contributed by atoms with Crippen LogP contribution in [-0.2, 0) is 10.1 Å². The molecule has 0 spiro atoms. The third kappa shape index (κ3) is 3.86. The van der Waals surface area contributed by atoms with Gasteiger partial charge in [-0.1, -0.05) is 14.4 Å². The zero-order chi connectivity index (χ0) is 9.28. The molecule has 0 aliphatic carbocycles. The van der Waals surface area contributed by atoms with Crippen LogP contribution in [0.2, 0.25) is 0 Å². The molecule has 0 aromatic heterocycles. The largest absolute Gasteiger partial charge is 0.743 e. The highest BCUT2D eigenvalue weighted by atomic mass is 32.2. The highest BCUT2D eigenvalue weighted by Gasteiger charge is 2.46. The van der Waals surface area contributed by atoms with Crippen molar-refractivity contribution in [1.29, 1.82) is 0 Å². The Morgan fingerprint density at radius 1 is 1.46 bits per heavy atom. The van der Waals surface area contributed by atoms with Crippen molar-refractivity contribution >= 4 is 10.1 Å². The summed E-state index contributed by atoms with van der Waals surface area (Å²) in [6, 6.07) is 0. The van der Waals surface area contributed by atoms with Gasteiger partial charge in [-0.05, 0) is 6.42 Å². The minimum Gasteiger partial charge on any atom is -0.743 e. The van der Waals surface area contributed by atoms with E-state index in [2.05, 4.69) is 0 Å². The summed E-state index contributed by atoms with van der Waals surface area (Å²) in [5, 5.41) is -4.80. The van der Waals surface area contributed by atoms with E-state index in [0.717, 1.165) is 6.92 Å². The van der Waals surface area contributed by atoms with Crippen molar-refractivity contribution in [2.75, 3.05) is 0 Å². The fraction of sp³-hybridized carbons (Fsp3) is 0.833. The summed E-state index contributed by atoms with van der Waals surface area (Å²) in [5.41, 5.74) is 0. The fourth-order valence-electron chi connectivity index (χ4n) is 0.394. The quantitative estimate of drug-likeness (QED) is 0.541. The fourth-order valence-corrected chi connectivity index (χ4v) is 0.874. The molecule has 0 N–H and O–H groups in total. The van der Waals surface area contributed by atoms with Crippen LogP contribution in [-0.4, -0.2) is 24.4 Å². The number of alkyl halides is 3. The van der Waals surface area contributed by atoms with Crippen LogP contribution in [0.4, 0.5) is 13.2 Å². The van der Waals surface area contributed by atoms with Gasteiger partial charge in [0.15, 0.2) is 16.3 Å². The minimum atomic E-state index is -5.87. The number of halogens is 3. The van der Waals surface area contributed by atoms with E-state index in [0.29, 0.717) is 0 Å². The van der Waals surface area contributed by atoms with Gasteiger partial charge in [0.05, 0.1) is 0 Å². The second-order valence-corrected chi connectivity index (χ2v) is 3.34. The number of rotatable bonds is 3. The van der Waals surface area contributed by atoms with Crippen LogP contribution in [0.15, 0.2) is 0 Å². The van der Waals surface area contributed by atoms with Crippen molar-refractivity contribution in [3.63, 3.8) is 0 Å². The lowest BCUT2D eigenvalue weighted by Gasteiger charge is -2.22. The molecule has 1 atom stereocenters. The molecular formula is C6H13F3O3S. The van der Waals surface area contributed by atoms with Gasteiger partial charge in [-0.2, -0.15) is 8.78 Å². The molecule has 13 heavy (non-hydrogen) atoms. The Balaban J connectivity index is -0.000000500. The van der Waals surface area contributed by atoms with Crippen LogP contribution in [0.1, 0.15) is 20.8 Å². The molecule has 0 bridgehead atoms. The van der Waals surface area contributed by atoms with E-state index >= 15 is 0 Å². The maximum absolute atomic E-state index is 12.1. The molecule has 0 aliphatic rings. The van der Waals surface area contributed by atoms with Crippen LogP contribution in [0.3, 0.4) is 0 Å². The van der Waals surface area contributed by atoms with Crippen LogP contribution in [0.5, 0.6) is 0 Å². The van der Waals surface area contributed by atoms with E-state index in [1.807, 2.05) is 0 Å². The lowest BCUT2D eigenvalue weighted by atomic mass is 10.3. The Bertz CT molecular complexity index is 225. The number of hydrogen-bond acceptors (Lipinski definition) is 3. The first kappa shape index (κ1) is 18.4. The van der Waals surface area contributed by atoms with Crippen molar-refractivity contribution < 1.29 is 26.1 Å². The van der Waals surface area contributed by atoms with Gasteiger partial charge in [0.25, 0.3) is 0 Å². The summed E-state index contributed by atoms with van der Waals surface area (Å²) < 4.78 is 65.3. The average molecular weight is 222 g/mol. The van der Waals surface area contributed by atoms with E-state index in [-0.39, 0.29) is 14.9 Å². The molecule has 0 rings (SSSR count). The van der Waals surface area contributed by atoms with Gasteiger partial charge in [0.2, 0.25) is 0 Å². The van der Waals surface area contributed by atoms with Crippen molar-refractivity contribution in [2.45, 2.75) is 32.2 Å². The van der Waals surface area contributed by atoms with Crippen molar-refractivity contribution in [3.05, 3.63) is 7.43 Å². The summed E-state index contributed by atoms with van der Waals surface area (Å²) >= 11 is 0. The van der Waals surface area contributed by atoms with E-state index in [1.165, 1.54) is 0 Å². The Labute approximate surface area is 76.7 Å². The van der Waals surface area contributed by atoms with E-state index < -0.39 is 28.0 Å². The third-order valence-electron chi connectivity index (χ3n) is 1.06. The Kier molecular flexibility index (Phi) is 7.54. The zero-order valence-electron chi connectivity index (χ0n) is 6.55. The molecule has 0 aromatic carbocycles. The molecule has 0 fully saturated rings. The third-order valence-corrected chi connectivity index (χ3v) is 1.98. The molecular weight excluding hydrogens is 209 g/mol. The molecule has 82 valence electrons. The molecule has 0 heterocycles. The smallest absolute Gasteiger partial charge is 0.364 e. The summed E-state index contributed by atoms with van der Waals surface area (Å²) in [6.45, 7) is 1.02. The first-order valence-corrected chi connectivity index (χ1v) is 4.11. The first-order chi connectivity index (χ1) is 4.73. The van der Waals surface area contributed by atoms with Crippen molar-refractivity contribution in [2.24, 2.45) is 0 Å². The van der Waals surface area contributed by atoms with Crippen molar-refractivity contribution in [1.82, 2.24) is 0 Å². The lowest BCUT2D eigenvalue weighted by molar-refractivity contribution is -0.00466. The second-order valence-electron chi connectivity index (χ2n) is 1.89. The Hall–Kier alpha value is -0.430. The van der Waals surface area contributed by atoms with Gasteiger partial charge in [0, 0.05) is 7.43 Å². The predicted molar refractivity (Wildman–Crippen MR) is 43.0 cm³/mol. The molecule has 0 radical (unpaired) electrons. The molecule has 0 aromatic rings. The normalized spacial score (nSPS) is 13.9. The monoisotopic (exact) mass is 222 g/mol. The number of hydrogen-bond donors (Lipinski definition) is 0. The summed E-state index contributed by atoms with van der Waals surface area (Å²) in [6.07, 6.45) is -3.64. The molecule has 0 amide bonds. The van der Waals surface area contributed by atoms with Gasteiger partial charge in [-0.3, -0.25) is 0 Å². The Morgan fingerprint density at radius 2 is 1.77 bits per heavy atom. The summed E-state index contributed by atoms with van der Waals surface area (Å²) in [4.78, 5) is 0. The minimum absolute atomic E-state index is 0. The average Bonchev–Trinajstić information content (AvgIpc) is 1.83. The van der Waals surface area contributed by atoms with Gasteiger partial charge in [-0.15, -0.1) is 0 Å². The van der Waals surface area contributed by atoms with E-state index in [1.54, 1.807) is 0 Å². The van der Waals surface area contributed by atoms with Crippen molar-refractivity contribution in [3.8, 4) is 0 Å². The molecule has 3 nitrogen and oxygen atoms in total. The highest BCUT2D eigenvalue weighted by Crippen LogP contribution is 2.28. The summed E-state index contributed by atoms with van der Waals surface area (Å²) in [7, 11) is -5.87. The first-order valence-electron chi connectivity index (χ1n) is 2.70. The highest BCUT2D eigenvalue weighted by molar-refractivity contribution is 7.86.